The Morgan fingerprint density at radius 1 is 0.870 bits per heavy atom. The van der Waals surface area contributed by atoms with E-state index in [1.807, 2.05) is 30.3 Å². The maximum absolute atomic E-state index is 12.1. The zero-order valence-corrected chi connectivity index (χ0v) is 13.0. The van der Waals surface area contributed by atoms with Crippen LogP contribution in [-0.2, 0) is 11.3 Å². The van der Waals surface area contributed by atoms with Crippen molar-refractivity contribution in [3.63, 3.8) is 0 Å². The minimum absolute atomic E-state index is 0.166. The molecule has 0 aliphatic rings. The van der Waals surface area contributed by atoms with Crippen molar-refractivity contribution in [2.75, 3.05) is 20.3 Å². The standard InChI is InChI=1S/C18H20N2O3/c1-23-12-11-19-17(21)15-7-9-16(10-8-15)18(22)20-13-14-5-3-2-4-6-14/h2-10H,11-13H2,1H3,(H,19,21)(H,20,22). The molecule has 0 saturated heterocycles. The van der Waals surface area contributed by atoms with Crippen molar-refractivity contribution in [2.45, 2.75) is 6.54 Å². The zero-order chi connectivity index (χ0) is 16.5. The predicted octanol–water partition coefficient (Wildman–Crippen LogP) is 1.99. The number of hydrogen-bond donors (Lipinski definition) is 2. The number of benzene rings is 2. The third kappa shape index (κ3) is 5.23. The van der Waals surface area contributed by atoms with Crippen LogP contribution in [0.5, 0.6) is 0 Å². The molecule has 0 spiro atoms. The van der Waals surface area contributed by atoms with Crippen LogP contribution in [0.1, 0.15) is 26.3 Å². The van der Waals surface area contributed by atoms with Crippen LogP contribution in [0.25, 0.3) is 0 Å². The lowest BCUT2D eigenvalue weighted by Crippen LogP contribution is -2.27. The van der Waals surface area contributed by atoms with Gasteiger partial charge in [-0.25, -0.2) is 0 Å². The van der Waals surface area contributed by atoms with Crippen molar-refractivity contribution in [3.05, 3.63) is 71.3 Å². The third-order valence-electron chi connectivity index (χ3n) is 3.30. The molecule has 0 fully saturated rings. The van der Waals surface area contributed by atoms with E-state index in [0.717, 1.165) is 5.56 Å². The first-order valence-corrected chi connectivity index (χ1v) is 7.40. The van der Waals surface area contributed by atoms with Gasteiger partial charge in [0.2, 0.25) is 0 Å². The van der Waals surface area contributed by atoms with Gasteiger partial charge in [0.15, 0.2) is 0 Å². The van der Waals surface area contributed by atoms with E-state index in [4.69, 9.17) is 4.74 Å². The number of rotatable bonds is 7. The summed E-state index contributed by atoms with van der Waals surface area (Å²) in [7, 11) is 1.58. The SMILES string of the molecule is COCCNC(=O)c1ccc(C(=O)NCc2ccccc2)cc1. The van der Waals surface area contributed by atoms with Gasteiger partial charge in [-0.05, 0) is 29.8 Å². The molecule has 5 heteroatoms. The molecule has 0 aliphatic heterocycles. The summed E-state index contributed by atoms with van der Waals surface area (Å²) in [6.07, 6.45) is 0. The molecule has 2 aromatic rings. The van der Waals surface area contributed by atoms with Gasteiger partial charge >= 0.3 is 0 Å². The Kier molecular flexibility index (Phi) is 6.32. The van der Waals surface area contributed by atoms with Crippen LogP contribution in [0.3, 0.4) is 0 Å². The fourth-order valence-corrected chi connectivity index (χ4v) is 2.02. The molecule has 2 amide bonds. The molecule has 5 nitrogen and oxygen atoms in total. The van der Waals surface area contributed by atoms with Gasteiger partial charge in [0.05, 0.1) is 6.61 Å². The first-order chi connectivity index (χ1) is 11.2. The van der Waals surface area contributed by atoms with E-state index in [9.17, 15) is 9.59 Å². The minimum atomic E-state index is -0.182. The Labute approximate surface area is 135 Å². The average Bonchev–Trinajstić information content (AvgIpc) is 2.61. The smallest absolute Gasteiger partial charge is 0.251 e. The number of methoxy groups -OCH3 is 1. The quantitative estimate of drug-likeness (QED) is 0.768. The zero-order valence-electron chi connectivity index (χ0n) is 13.0. The van der Waals surface area contributed by atoms with Crippen LogP contribution in [0, 0.1) is 0 Å². The normalized spacial score (nSPS) is 10.1. The van der Waals surface area contributed by atoms with Gasteiger partial charge in [0.1, 0.15) is 0 Å². The molecule has 0 radical (unpaired) electrons. The fourth-order valence-electron chi connectivity index (χ4n) is 2.02. The van der Waals surface area contributed by atoms with E-state index >= 15 is 0 Å². The molecule has 0 unspecified atom stereocenters. The minimum Gasteiger partial charge on any atom is -0.383 e. The summed E-state index contributed by atoms with van der Waals surface area (Å²) in [4.78, 5) is 23.9. The molecule has 0 atom stereocenters. The Morgan fingerprint density at radius 3 is 2.00 bits per heavy atom. The maximum Gasteiger partial charge on any atom is 0.251 e. The van der Waals surface area contributed by atoms with Crippen molar-refractivity contribution >= 4 is 11.8 Å². The lowest BCUT2D eigenvalue weighted by Gasteiger charge is -2.07. The summed E-state index contributed by atoms with van der Waals surface area (Å²) in [5.41, 5.74) is 2.07. The second kappa shape index (κ2) is 8.70. The highest BCUT2D eigenvalue weighted by atomic mass is 16.5. The van der Waals surface area contributed by atoms with E-state index in [1.54, 1.807) is 31.4 Å². The van der Waals surface area contributed by atoms with Gasteiger partial charge in [-0.3, -0.25) is 9.59 Å². The summed E-state index contributed by atoms with van der Waals surface area (Å²) in [6.45, 7) is 1.39. The average molecular weight is 312 g/mol. The van der Waals surface area contributed by atoms with Crippen LogP contribution in [-0.4, -0.2) is 32.1 Å². The van der Waals surface area contributed by atoms with Crippen molar-refractivity contribution in [3.8, 4) is 0 Å². The van der Waals surface area contributed by atoms with Gasteiger partial charge in [-0.1, -0.05) is 30.3 Å². The van der Waals surface area contributed by atoms with Crippen LogP contribution in [0.2, 0.25) is 0 Å². The first-order valence-electron chi connectivity index (χ1n) is 7.40. The van der Waals surface area contributed by atoms with E-state index in [2.05, 4.69) is 10.6 Å². The van der Waals surface area contributed by atoms with Crippen molar-refractivity contribution < 1.29 is 14.3 Å². The van der Waals surface area contributed by atoms with Gasteiger partial charge in [-0.15, -0.1) is 0 Å². The van der Waals surface area contributed by atoms with Crippen LogP contribution in [0.4, 0.5) is 0 Å². The number of nitrogens with one attached hydrogen (secondary N) is 2. The molecular weight excluding hydrogens is 292 g/mol. The number of ether oxygens (including phenoxy) is 1. The summed E-state index contributed by atoms with van der Waals surface area (Å²) < 4.78 is 4.87. The highest BCUT2D eigenvalue weighted by molar-refractivity contribution is 5.97. The van der Waals surface area contributed by atoms with E-state index < -0.39 is 0 Å². The molecule has 0 bridgehead atoms. The number of carbonyl (C=O) groups excluding carboxylic acids is 2. The Balaban J connectivity index is 1.88. The van der Waals surface area contributed by atoms with Crippen LogP contribution < -0.4 is 10.6 Å². The first kappa shape index (κ1) is 16.7. The lowest BCUT2D eigenvalue weighted by molar-refractivity contribution is 0.0930. The van der Waals surface area contributed by atoms with Crippen LogP contribution in [0.15, 0.2) is 54.6 Å². The van der Waals surface area contributed by atoms with Gasteiger partial charge in [0, 0.05) is 31.3 Å². The molecule has 23 heavy (non-hydrogen) atoms. The maximum atomic E-state index is 12.1. The molecule has 2 aromatic carbocycles. The summed E-state index contributed by atoms with van der Waals surface area (Å²) in [5.74, 6) is -0.349. The second-order valence-corrected chi connectivity index (χ2v) is 4.99. The number of amides is 2. The monoisotopic (exact) mass is 312 g/mol. The number of carbonyl (C=O) groups is 2. The highest BCUT2D eigenvalue weighted by Crippen LogP contribution is 2.05. The van der Waals surface area contributed by atoms with E-state index in [1.165, 1.54) is 0 Å². The van der Waals surface area contributed by atoms with Crippen molar-refractivity contribution in [2.24, 2.45) is 0 Å². The Bertz CT molecular complexity index is 639. The number of hydrogen-bond acceptors (Lipinski definition) is 3. The Morgan fingerprint density at radius 2 is 1.43 bits per heavy atom. The predicted molar refractivity (Wildman–Crippen MR) is 88.3 cm³/mol. The molecule has 0 saturated carbocycles. The topological polar surface area (TPSA) is 67.4 Å². The van der Waals surface area contributed by atoms with Gasteiger partial charge in [0.25, 0.3) is 11.8 Å². The van der Waals surface area contributed by atoms with E-state index in [-0.39, 0.29) is 11.8 Å². The second-order valence-electron chi connectivity index (χ2n) is 4.99. The lowest BCUT2D eigenvalue weighted by atomic mass is 10.1. The molecular formula is C18H20N2O3. The Hall–Kier alpha value is -2.66. The van der Waals surface area contributed by atoms with E-state index in [0.29, 0.717) is 30.8 Å². The highest BCUT2D eigenvalue weighted by Gasteiger charge is 2.08. The summed E-state index contributed by atoms with van der Waals surface area (Å²) in [5, 5.41) is 5.58. The molecule has 0 heterocycles. The third-order valence-corrected chi connectivity index (χ3v) is 3.30. The van der Waals surface area contributed by atoms with Crippen molar-refractivity contribution in [1.82, 2.24) is 10.6 Å². The summed E-state index contributed by atoms with van der Waals surface area (Å²) in [6, 6.07) is 16.3. The molecule has 120 valence electrons. The largest absolute Gasteiger partial charge is 0.383 e. The molecule has 2 N–H and O–H groups in total. The molecule has 0 aromatic heterocycles. The molecule has 0 aliphatic carbocycles. The van der Waals surface area contributed by atoms with Gasteiger partial charge < -0.3 is 15.4 Å². The summed E-state index contributed by atoms with van der Waals surface area (Å²) >= 11 is 0. The fraction of sp³-hybridized carbons (Fsp3) is 0.222. The van der Waals surface area contributed by atoms with Gasteiger partial charge in [-0.2, -0.15) is 0 Å². The van der Waals surface area contributed by atoms with Crippen LogP contribution >= 0.6 is 0 Å². The molecule has 2 rings (SSSR count). The van der Waals surface area contributed by atoms with Crippen molar-refractivity contribution in [1.29, 1.82) is 0 Å².